The van der Waals surface area contributed by atoms with Crippen LogP contribution in [0.4, 0.5) is 4.79 Å². The van der Waals surface area contributed by atoms with Gasteiger partial charge in [-0.3, -0.25) is 19.2 Å². The van der Waals surface area contributed by atoms with E-state index < -0.39 is 69.1 Å². The Morgan fingerprint density at radius 3 is 2.20 bits per heavy atom. The molecule has 5 N–H and O–H groups in total. The molecule has 2 aliphatic carbocycles. The minimum atomic E-state index is -3.77. The molecule has 1 aromatic heterocycles. The molecule has 3 fully saturated rings. The molecule has 6 atom stereocenters. The maximum Gasteiger partial charge on any atom is 0.315 e. The second-order valence-electron chi connectivity index (χ2n) is 17.3. The Labute approximate surface area is 300 Å². The first-order chi connectivity index (χ1) is 22.9. The maximum absolute atomic E-state index is 14.4. The van der Waals surface area contributed by atoms with E-state index in [4.69, 9.17) is 5.73 Å². The van der Waals surface area contributed by atoms with E-state index >= 15 is 0 Å². The van der Waals surface area contributed by atoms with Crippen molar-refractivity contribution in [1.82, 2.24) is 25.2 Å². The number of Topliss-reactive ketones (excluding diaryl/α,β-unsaturated/α-hetero) is 1. The van der Waals surface area contributed by atoms with Crippen molar-refractivity contribution in [2.45, 2.75) is 116 Å². The highest BCUT2D eigenvalue weighted by Gasteiger charge is 2.70. The number of nitrogens with zero attached hydrogens (tertiary/aromatic N) is 2. The average Bonchev–Trinajstić information content (AvgIpc) is 3.41. The predicted molar refractivity (Wildman–Crippen MR) is 191 cm³/mol. The normalized spacial score (nSPS) is 23.6. The molecule has 1 unspecified atom stereocenters. The number of piperidine rings is 1. The fourth-order valence-electron chi connectivity index (χ4n) is 7.58. The molecule has 1 aromatic rings. The van der Waals surface area contributed by atoms with Crippen molar-refractivity contribution in [2.24, 2.45) is 39.7 Å². The molecule has 0 aromatic carbocycles. The topological polar surface area (TPSA) is 188 Å². The molecule has 0 spiro atoms. The van der Waals surface area contributed by atoms with Gasteiger partial charge in [0, 0.05) is 26.2 Å². The quantitative estimate of drug-likeness (QED) is 0.211. The molecule has 4 rings (SSSR count). The lowest BCUT2D eigenvalue weighted by atomic mass is 9.80. The van der Waals surface area contributed by atoms with Crippen molar-refractivity contribution in [3.63, 3.8) is 0 Å². The monoisotopic (exact) mass is 736 g/mol. The number of urea groups is 1. The molecule has 280 valence electrons. The van der Waals surface area contributed by atoms with Crippen LogP contribution in [0, 0.1) is 34.0 Å². The van der Waals surface area contributed by atoms with Crippen LogP contribution in [0.3, 0.4) is 0 Å². The van der Waals surface area contributed by atoms with Gasteiger partial charge < -0.3 is 26.6 Å². The van der Waals surface area contributed by atoms with Crippen LogP contribution >= 0.6 is 11.3 Å². The van der Waals surface area contributed by atoms with E-state index in [9.17, 15) is 32.4 Å². The van der Waals surface area contributed by atoms with Gasteiger partial charge in [0.2, 0.25) is 17.6 Å². The molecule has 2 saturated carbocycles. The third-order valence-electron chi connectivity index (χ3n) is 10.6. The highest BCUT2D eigenvalue weighted by molar-refractivity contribution is 7.91. The average molecular weight is 737 g/mol. The summed E-state index contributed by atoms with van der Waals surface area (Å²) in [5, 5.41) is 10.3. The molecular weight excluding hydrogens is 681 g/mol. The van der Waals surface area contributed by atoms with Gasteiger partial charge in [-0.15, -0.1) is 11.3 Å². The first kappa shape index (κ1) is 39.7. The molecule has 5 amide bonds. The maximum atomic E-state index is 14.4. The predicted octanol–water partition coefficient (Wildman–Crippen LogP) is 3.10. The summed E-state index contributed by atoms with van der Waals surface area (Å²) in [6, 6.07) is -1.01. The Hall–Kier alpha value is -3.04. The fourth-order valence-corrected chi connectivity index (χ4v) is 10.00. The molecule has 0 radical (unpaired) electrons. The third kappa shape index (κ3) is 8.87. The number of thiophene rings is 1. The van der Waals surface area contributed by atoms with Gasteiger partial charge in [-0.1, -0.05) is 80.7 Å². The number of ketones is 1. The number of nitrogens with two attached hydrogens (primary N) is 1. The van der Waals surface area contributed by atoms with Gasteiger partial charge in [-0.2, -0.15) is 4.31 Å². The van der Waals surface area contributed by atoms with Crippen molar-refractivity contribution >= 4 is 50.9 Å². The van der Waals surface area contributed by atoms with Crippen LogP contribution in [0.25, 0.3) is 0 Å². The molecule has 2 heterocycles. The largest absolute Gasteiger partial charge is 0.363 e. The van der Waals surface area contributed by atoms with Crippen molar-refractivity contribution in [3.8, 4) is 0 Å². The standard InChI is InChI=1S/C35H56N6O7S2/c1-33(2,3)17-21(18-40(9)50(47,48)24-14-11-15-49-24)37-32(46)39-28(34(4,5)6)31(45)41-19-22-25(35(22,7)8)26(41)30(44)38-23(27(42)29(36)43)16-20-12-10-13-20/h11,14-15,20-23,25-26,28H,10,12-13,16-19H2,1-9H3,(H2,36,43)(H,38,44)(H2,37,39,46)/t21-,22-,23?,25-,26-,28+/m0/s1. The molecule has 1 aliphatic heterocycles. The lowest BCUT2D eigenvalue weighted by Gasteiger charge is -2.38. The van der Waals surface area contributed by atoms with Gasteiger partial charge >= 0.3 is 6.03 Å². The zero-order valence-corrected chi connectivity index (χ0v) is 32.5. The van der Waals surface area contributed by atoms with Gasteiger partial charge in [0.05, 0.1) is 6.04 Å². The van der Waals surface area contributed by atoms with E-state index in [1.807, 2.05) is 55.4 Å². The van der Waals surface area contributed by atoms with E-state index in [1.165, 1.54) is 22.3 Å². The summed E-state index contributed by atoms with van der Waals surface area (Å²) >= 11 is 1.12. The van der Waals surface area contributed by atoms with Gasteiger partial charge in [0.15, 0.2) is 0 Å². The summed E-state index contributed by atoms with van der Waals surface area (Å²) in [6.07, 6.45) is 3.61. The van der Waals surface area contributed by atoms with Crippen LogP contribution in [0.5, 0.6) is 0 Å². The van der Waals surface area contributed by atoms with Crippen LogP contribution in [-0.4, -0.2) is 91.5 Å². The first-order valence-electron chi connectivity index (χ1n) is 17.5. The van der Waals surface area contributed by atoms with Crippen LogP contribution in [0.2, 0.25) is 0 Å². The molecule has 13 nitrogen and oxygen atoms in total. The minimum absolute atomic E-state index is 0.0118. The summed E-state index contributed by atoms with van der Waals surface area (Å²) in [6.45, 7) is 15.8. The number of sulfonamides is 1. The first-order valence-corrected chi connectivity index (χ1v) is 19.8. The second-order valence-corrected chi connectivity index (χ2v) is 20.5. The molecule has 0 bridgehead atoms. The van der Waals surface area contributed by atoms with Crippen LogP contribution in [-0.2, 0) is 29.2 Å². The van der Waals surface area contributed by atoms with E-state index in [-0.39, 0.29) is 39.3 Å². The van der Waals surface area contributed by atoms with Gasteiger partial charge in [-0.05, 0) is 58.3 Å². The smallest absolute Gasteiger partial charge is 0.315 e. The highest BCUT2D eigenvalue weighted by Crippen LogP contribution is 2.65. The number of hydrogen-bond donors (Lipinski definition) is 4. The summed E-state index contributed by atoms with van der Waals surface area (Å²) in [5.74, 6) is -2.80. The number of carbonyl (C=O) groups is 5. The zero-order chi connectivity index (χ0) is 37.6. The highest BCUT2D eigenvalue weighted by atomic mass is 32.2. The SMILES string of the molecule is CN(C[C@H](CC(C)(C)C)NC(=O)N[C@H](C(=O)N1C[C@H]2[C@@H]([C@H]1C(=O)NC(CC1CCC1)C(=O)C(N)=O)C2(C)C)C(C)(C)C)S(=O)(=O)c1cccs1. The Balaban J connectivity index is 1.53. The number of primary amides is 1. The molecule has 50 heavy (non-hydrogen) atoms. The number of likely N-dealkylation sites (N-methyl/N-ethyl adjacent to an activating group) is 1. The second kappa shape index (κ2) is 14.5. The van der Waals surface area contributed by atoms with Crippen LogP contribution in [0.1, 0.15) is 87.5 Å². The van der Waals surface area contributed by atoms with Gasteiger partial charge in [0.25, 0.3) is 15.9 Å². The number of nitrogens with one attached hydrogen (secondary N) is 3. The van der Waals surface area contributed by atoms with Crippen molar-refractivity contribution in [1.29, 1.82) is 0 Å². The Morgan fingerprint density at radius 1 is 1.06 bits per heavy atom. The van der Waals surface area contributed by atoms with Crippen molar-refractivity contribution in [2.75, 3.05) is 20.1 Å². The third-order valence-corrected chi connectivity index (χ3v) is 13.8. The summed E-state index contributed by atoms with van der Waals surface area (Å²) in [7, 11) is -2.29. The summed E-state index contributed by atoms with van der Waals surface area (Å²) < 4.78 is 27.8. The molecule has 3 aliphatic rings. The zero-order valence-electron chi connectivity index (χ0n) is 30.9. The van der Waals surface area contributed by atoms with E-state index in [1.54, 1.807) is 11.4 Å². The van der Waals surface area contributed by atoms with Gasteiger partial charge in [-0.25, -0.2) is 13.2 Å². The van der Waals surface area contributed by atoms with Crippen LogP contribution < -0.4 is 21.7 Å². The minimum Gasteiger partial charge on any atom is -0.363 e. The van der Waals surface area contributed by atoms with Gasteiger partial charge in [0.1, 0.15) is 16.3 Å². The summed E-state index contributed by atoms with van der Waals surface area (Å²) in [5.41, 5.74) is 4.09. The Morgan fingerprint density at radius 2 is 1.70 bits per heavy atom. The fraction of sp³-hybridized carbons (Fsp3) is 0.743. The van der Waals surface area contributed by atoms with E-state index in [2.05, 4.69) is 16.0 Å². The number of fused-ring (bicyclic) bond motifs is 1. The molecule has 15 heteroatoms. The van der Waals surface area contributed by atoms with Crippen LogP contribution in [0.15, 0.2) is 21.7 Å². The number of amides is 5. The van der Waals surface area contributed by atoms with E-state index in [0.717, 1.165) is 30.6 Å². The lowest BCUT2D eigenvalue weighted by molar-refractivity contribution is -0.145. The Bertz CT molecular complexity index is 1560. The van der Waals surface area contributed by atoms with E-state index in [0.29, 0.717) is 19.4 Å². The number of carbonyl (C=O) groups excluding carboxylic acids is 5. The number of hydrogen-bond acceptors (Lipinski definition) is 8. The molecular formula is C35H56N6O7S2. The van der Waals surface area contributed by atoms with Crippen molar-refractivity contribution in [3.05, 3.63) is 17.5 Å². The summed E-state index contributed by atoms with van der Waals surface area (Å²) in [4.78, 5) is 68.2. The van der Waals surface area contributed by atoms with Crippen molar-refractivity contribution < 1.29 is 32.4 Å². The molecule has 1 saturated heterocycles. The number of rotatable bonds is 14. The lowest BCUT2D eigenvalue weighted by Crippen LogP contribution is -2.62. The Kier molecular flexibility index (Phi) is 11.5. The number of likely N-dealkylation sites (tertiary alicyclic amines) is 1.